The van der Waals surface area contributed by atoms with Crippen molar-refractivity contribution in [3.05, 3.63) is 12.4 Å². The number of hydrogen-bond donors (Lipinski definition) is 2. The van der Waals surface area contributed by atoms with Gasteiger partial charge in [0, 0.05) is 26.2 Å². The molecule has 0 fully saturated rings. The number of nitrogens with zero attached hydrogens (tertiary/aromatic N) is 3. The molecule has 0 bridgehead atoms. The standard InChI is InChI=1S/C12H22N4O/c1-5-6-13-10-7-11(15-9-14-10)16(4)8-12(2,3)17/h7,9,17H,5-6,8H2,1-4H3,(H,13,14,15). The lowest BCUT2D eigenvalue weighted by molar-refractivity contribution is 0.0884. The Kier molecular flexibility index (Phi) is 4.69. The Morgan fingerprint density at radius 3 is 2.71 bits per heavy atom. The number of aromatic nitrogens is 2. The summed E-state index contributed by atoms with van der Waals surface area (Å²) >= 11 is 0. The van der Waals surface area contributed by atoms with Crippen molar-refractivity contribution in [2.45, 2.75) is 32.8 Å². The van der Waals surface area contributed by atoms with Crippen molar-refractivity contribution in [2.75, 3.05) is 30.4 Å². The SMILES string of the molecule is CCCNc1cc(N(C)CC(C)(C)O)ncn1. The third-order valence-corrected chi connectivity index (χ3v) is 2.22. The van der Waals surface area contributed by atoms with Gasteiger partial charge in [-0.25, -0.2) is 9.97 Å². The van der Waals surface area contributed by atoms with E-state index in [2.05, 4.69) is 22.2 Å². The first kappa shape index (κ1) is 13.7. The van der Waals surface area contributed by atoms with E-state index in [4.69, 9.17) is 0 Å². The van der Waals surface area contributed by atoms with Gasteiger partial charge in [-0.1, -0.05) is 6.92 Å². The quantitative estimate of drug-likeness (QED) is 0.786. The minimum Gasteiger partial charge on any atom is -0.389 e. The Morgan fingerprint density at radius 1 is 1.41 bits per heavy atom. The Hall–Kier alpha value is -1.36. The molecular weight excluding hydrogens is 216 g/mol. The highest BCUT2D eigenvalue weighted by molar-refractivity contribution is 5.48. The van der Waals surface area contributed by atoms with Crippen LogP contribution in [-0.2, 0) is 0 Å². The second-order valence-electron chi connectivity index (χ2n) is 4.86. The van der Waals surface area contributed by atoms with Gasteiger partial charge in [-0.15, -0.1) is 0 Å². The largest absolute Gasteiger partial charge is 0.389 e. The number of aliphatic hydroxyl groups is 1. The van der Waals surface area contributed by atoms with Crippen LogP contribution >= 0.6 is 0 Å². The molecule has 17 heavy (non-hydrogen) atoms. The number of nitrogens with one attached hydrogen (secondary N) is 1. The summed E-state index contributed by atoms with van der Waals surface area (Å²) < 4.78 is 0. The van der Waals surface area contributed by atoms with E-state index in [0.29, 0.717) is 6.54 Å². The summed E-state index contributed by atoms with van der Waals surface area (Å²) in [4.78, 5) is 10.3. The van der Waals surface area contributed by atoms with Crippen LogP contribution in [0.25, 0.3) is 0 Å². The van der Waals surface area contributed by atoms with Crippen LogP contribution in [0.15, 0.2) is 12.4 Å². The maximum atomic E-state index is 9.76. The lowest BCUT2D eigenvalue weighted by Crippen LogP contribution is -2.36. The molecule has 0 spiro atoms. The number of anilines is 2. The summed E-state index contributed by atoms with van der Waals surface area (Å²) in [6.45, 7) is 7.08. The lowest BCUT2D eigenvalue weighted by atomic mass is 10.1. The monoisotopic (exact) mass is 238 g/mol. The topological polar surface area (TPSA) is 61.3 Å². The van der Waals surface area contributed by atoms with Crippen LogP contribution in [0.1, 0.15) is 27.2 Å². The Bertz CT molecular complexity index is 349. The Morgan fingerprint density at radius 2 is 2.12 bits per heavy atom. The number of likely N-dealkylation sites (N-methyl/N-ethyl adjacent to an activating group) is 1. The molecule has 1 rings (SSSR count). The summed E-state index contributed by atoms with van der Waals surface area (Å²) in [6, 6.07) is 1.89. The summed E-state index contributed by atoms with van der Waals surface area (Å²) in [5.74, 6) is 1.63. The molecule has 0 saturated carbocycles. The van der Waals surface area contributed by atoms with E-state index in [1.807, 2.05) is 18.0 Å². The van der Waals surface area contributed by atoms with Crippen molar-refractivity contribution in [3.63, 3.8) is 0 Å². The fourth-order valence-corrected chi connectivity index (χ4v) is 1.57. The van der Waals surface area contributed by atoms with Gasteiger partial charge < -0.3 is 15.3 Å². The first-order valence-electron chi connectivity index (χ1n) is 5.92. The van der Waals surface area contributed by atoms with Gasteiger partial charge in [-0.05, 0) is 20.3 Å². The molecule has 96 valence electrons. The molecule has 0 aromatic carbocycles. The molecule has 0 saturated heterocycles. The van der Waals surface area contributed by atoms with Gasteiger partial charge in [0.2, 0.25) is 0 Å². The van der Waals surface area contributed by atoms with Gasteiger partial charge >= 0.3 is 0 Å². The van der Waals surface area contributed by atoms with E-state index in [0.717, 1.165) is 24.6 Å². The van der Waals surface area contributed by atoms with Crippen molar-refractivity contribution >= 4 is 11.6 Å². The van der Waals surface area contributed by atoms with Crippen LogP contribution in [0.2, 0.25) is 0 Å². The van der Waals surface area contributed by atoms with Crippen molar-refractivity contribution in [1.82, 2.24) is 9.97 Å². The van der Waals surface area contributed by atoms with Gasteiger partial charge in [0.25, 0.3) is 0 Å². The van der Waals surface area contributed by atoms with Gasteiger partial charge in [0.1, 0.15) is 18.0 Å². The maximum Gasteiger partial charge on any atom is 0.133 e. The van der Waals surface area contributed by atoms with Crippen LogP contribution < -0.4 is 10.2 Å². The molecule has 0 aliphatic heterocycles. The molecule has 0 amide bonds. The van der Waals surface area contributed by atoms with Crippen molar-refractivity contribution in [3.8, 4) is 0 Å². The summed E-state index contributed by atoms with van der Waals surface area (Å²) in [5.41, 5.74) is -0.739. The normalized spacial score (nSPS) is 11.4. The molecular formula is C12H22N4O. The first-order chi connectivity index (χ1) is 7.92. The Labute approximate surface area is 103 Å². The second-order valence-corrected chi connectivity index (χ2v) is 4.86. The Balaban J connectivity index is 2.70. The van der Waals surface area contributed by atoms with E-state index in [9.17, 15) is 5.11 Å². The van der Waals surface area contributed by atoms with Gasteiger partial charge in [0.15, 0.2) is 0 Å². The zero-order valence-corrected chi connectivity index (χ0v) is 11.1. The summed E-state index contributed by atoms with van der Waals surface area (Å²) in [6.07, 6.45) is 2.59. The van der Waals surface area contributed by atoms with Crippen LogP contribution in [0, 0.1) is 0 Å². The minimum absolute atomic E-state index is 0.525. The van der Waals surface area contributed by atoms with E-state index >= 15 is 0 Å². The van der Waals surface area contributed by atoms with Gasteiger partial charge in [-0.3, -0.25) is 0 Å². The lowest BCUT2D eigenvalue weighted by Gasteiger charge is -2.26. The predicted molar refractivity (Wildman–Crippen MR) is 70.4 cm³/mol. The van der Waals surface area contributed by atoms with Gasteiger partial charge in [0.05, 0.1) is 5.60 Å². The van der Waals surface area contributed by atoms with E-state index in [-0.39, 0.29) is 0 Å². The highest BCUT2D eigenvalue weighted by atomic mass is 16.3. The third kappa shape index (κ3) is 4.99. The van der Waals surface area contributed by atoms with E-state index in [1.54, 1.807) is 13.8 Å². The van der Waals surface area contributed by atoms with Crippen molar-refractivity contribution in [1.29, 1.82) is 0 Å². The van der Waals surface area contributed by atoms with Crippen LogP contribution in [0.4, 0.5) is 11.6 Å². The average molecular weight is 238 g/mol. The zero-order chi connectivity index (χ0) is 12.9. The van der Waals surface area contributed by atoms with Crippen LogP contribution in [0.3, 0.4) is 0 Å². The third-order valence-electron chi connectivity index (χ3n) is 2.22. The summed E-state index contributed by atoms with van der Waals surface area (Å²) in [5, 5.41) is 13.0. The van der Waals surface area contributed by atoms with Crippen LogP contribution in [-0.4, -0.2) is 40.8 Å². The van der Waals surface area contributed by atoms with E-state index < -0.39 is 5.60 Å². The highest BCUT2D eigenvalue weighted by Gasteiger charge is 2.16. The predicted octanol–water partition coefficient (Wildman–Crippen LogP) is 1.51. The smallest absolute Gasteiger partial charge is 0.133 e. The molecule has 0 aliphatic carbocycles. The van der Waals surface area contributed by atoms with E-state index in [1.165, 1.54) is 6.33 Å². The molecule has 0 unspecified atom stereocenters. The molecule has 1 heterocycles. The fourth-order valence-electron chi connectivity index (χ4n) is 1.57. The molecule has 5 heteroatoms. The molecule has 0 radical (unpaired) electrons. The average Bonchev–Trinajstić information content (AvgIpc) is 2.24. The van der Waals surface area contributed by atoms with Crippen molar-refractivity contribution in [2.24, 2.45) is 0 Å². The molecule has 0 atom stereocenters. The van der Waals surface area contributed by atoms with Crippen LogP contribution in [0.5, 0.6) is 0 Å². The highest BCUT2D eigenvalue weighted by Crippen LogP contribution is 2.15. The maximum absolute atomic E-state index is 9.76. The minimum atomic E-state index is -0.739. The second kappa shape index (κ2) is 5.82. The summed E-state index contributed by atoms with van der Waals surface area (Å²) in [7, 11) is 1.91. The zero-order valence-electron chi connectivity index (χ0n) is 11.1. The van der Waals surface area contributed by atoms with Gasteiger partial charge in [-0.2, -0.15) is 0 Å². The molecule has 1 aromatic heterocycles. The molecule has 0 aliphatic rings. The first-order valence-corrected chi connectivity index (χ1v) is 5.92. The molecule has 5 nitrogen and oxygen atoms in total. The number of rotatable bonds is 6. The fraction of sp³-hybridized carbons (Fsp3) is 0.667. The molecule has 2 N–H and O–H groups in total. The van der Waals surface area contributed by atoms with Crippen molar-refractivity contribution < 1.29 is 5.11 Å². The molecule has 1 aromatic rings. The number of hydrogen-bond acceptors (Lipinski definition) is 5.